The summed E-state index contributed by atoms with van der Waals surface area (Å²) in [7, 11) is 0. The van der Waals surface area contributed by atoms with Crippen LogP contribution in [0.15, 0.2) is 23.9 Å². The van der Waals surface area contributed by atoms with Crippen molar-refractivity contribution in [3.63, 3.8) is 0 Å². The van der Waals surface area contributed by atoms with Gasteiger partial charge in [-0.05, 0) is 12.5 Å². The average molecular weight is 161 g/mol. The van der Waals surface area contributed by atoms with Crippen LogP contribution >= 0.6 is 0 Å². The zero-order valence-electron chi connectivity index (χ0n) is 7.00. The highest BCUT2D eigenvalue weighted by molar-refractivity contribution is 5.75. The maximum Gasteiger partial charge on any atom is 0.221 e. The Labute approximate surface area is 72.3 Å². The maximum atomic E-state index is 10.6. The lowest BCUT2D eigenvalue weighted by Gasteiger charge is -2.10. The highest BCUT2D eigenvalue weighted by Gasteiger charge is 2.05. The van der Waals surface area contributed by atoms with Crippen molar-refractivity contribution >= 4 is 5.91 Å². The van der Waals surface area contributed by atoms with Crippen molar-refractivity contribution in [3.05, 3.63) is 23.9 Å². The Morgan fingerprint density at radius 2 is 2.58 bits per heavy atom. The topological polar surface area (TPSA) is 29.1 Å². The van der Waals surface area contributed by atoms with Gasteiger partial charge >= 0.3 is 0 Å². The molecule has 1 atom stereocenters. The van der Waals surface area contributed by atoms with Crippen molar-refractivity contribution in [1.82, 2.24) is 5.32 Å². The number of carbonyl (C=O) groups is 1. The Kier molecular flexibility index (Phi) is 2.71. The molecule has 1 N–H and O–H groups in total. The molecule has 0 bridgehead atoms. The van der Waals surface area contributed by atoms with Crippen LogP contribution in [-0.4, -0.2) is 5.91 Å². The normalized spacial score (nSPS) is 21.0. The van der Waals surface area contributed by atoms with E-state index >= 15 is 0 Å². The molecule has 1 unspecified atom stereocenters. The minimum Gasteiger partial charge on any atom is -0.327 e. The van der Waals surface area contributed by atoms with Crippen LogP contribution in [0, 0.1) is 18.3 Å². The molecule has 0 fully saturated rings. The molecule has 12 heavy (non-hydrogen) atoms. The Morgan fingerprint density at radius 3 is 3.00 bits per heavy atom. The highest BCUT2D eigenvalue weighted by Crippen LogP contribution is 2.13. The molecule has 0 aliphatic heterocycles. The van der Waals surface area contributed by atoms with Gasteiger partial charge in [0.05, 0.1) is 0 Å². The largest absolute Gasteiger partial charge is 0.327 e. The molecule has 62 valence electrons. The minimum atomic E-state index is -0.0509. The summed E-state index contributed by atoms with van der Waals surface area (Å²) in [6.45, 7) is 1.49. The Hall–Kier alpha value is -1.49. The lowest BCUT2D eigenvalue weighted by Crippen LogP contribution is -2.19. The second-order valence-electron chi connectivity index (χ2n) is 2.71. The van der Waals surface area contributed by atoms with E-state index in [0.717, 1.165) is 12.1 Å². The van der Waals surface area contributed by atoms with Crippen molar-refractivity contribution in [3.8, 4) is 12.3 Å². The van der Waals surface area contributed by atoms with Crippen molar-refractivity contribution < 1.29 is 4.79 Å². The summed E-state index contributed by atoms with van der Waals surface area (Å²) in [6, 6.07) is 0. The van der Waals surface area contributed by atoms with Gasteiger partial charge in [0.15, 0.2) is 0 Å². The second-order valence-corrected chi connectivity index (χ2v) is 2.71. The summed E-state index contributed by atoms with van der Waals surface area (Å²) in [5.74, 6) is 2.77. The van der Waals surface area contributed by atoms with E-state index in [4.69, 9.17) is 6.42 Å². The molecule has 0 saturated heterocycles. The van der Waals surface area contributed by atoms with Gasteiger partial charge in [-0.15, -0.1) is 6.42 Å². The average Bonchev–Trinajstić information content (AvgIpc) is 2.05. The van der Waals surface area contributed by atoms with Crippen molar-refractivity contribution in [2.75, 3.05) is 0 Å². The standard InChI is InChI=1S/C10H11NO/c1-3-9-4-6-10(7-5-9)11-8(2)12/h1,4,6-7,9H,5H2,2H3,(H,11,12). The van der Waals surface area contributed by atoms with Crippen LogP contribution in [0.25, 0.3) is 0 Å². The van der Waals surface area contributed by atoms with E-state index in [2.05, 4.69) is 11.2 Å². The molecule has 0 heterocycles. The Bertz CT molecular complexity index is 281. The summed E-state index contributed by atoms with van der Waals surface area (Å²) in [6.07, 6.45) is 11.7. The van der Waals surface area contributed by atoms with E-state index in [1.807, 2.05) is 18.2 Å². The third kappa shape index (κ3) is 2.28. The van der Waals surface area contributed by atoms with Gasteiger partial charge < -0.3 is 5.32 Å². The number of carbonyl (C=O) groups excluding carboxylic acids is 1. The molecule has 0 spiro atoms. The van der Waals surface area contributed by atoms with Crippen molar-refractivity contribution in [2.24, 2.45) is 5.92 Å². The fraction of sp³-hybridized carbons (Fsp3) is 0.300. The first-order chi connectivity index (χ1) is 5.72. The molecular weight excluding hydrogens is 150 g/mol. The van der Waals surface area contributed by atoms with Gasteiger partial charge in [-0.3, -0.25) is 4.79 Å². The van der Waals surface area contributed by atoms with E-state index in [1.54, 1.807) is 0 Å². The van der Waals surface area contributed by atoms with Crippen LogP contribution in [0.4, 0.5) is 0 Å². The summed E-state index contributed by atoms with van der Waals surface area (Å²) in [5.41, 5.74) is 0.842. The lowest BCUT2D eigenvalue weighted by atomic mass is 10.0. The number of allylic oxidation sites excluding steroid dienone is 3. The molecule has 1 aliphatic rings. The molecule has 0 radical (unpaired) electrons. The van der Waals surface area contributed by atoms with E-state index in [0.29, 0.717) is 0 Å². The molecular formula is C10H11NO. The predicted octanol–water partition coefficient (Wildman–Crippen LogP) is 1.22. The van der Waals surface area contributed by atoms with Gasteiger partial charge in [0.1, 0.15) is 0 Å². The minimum absolute atomic E-state index is 0.0509. The zero-order chi connectivity index (χ0) is 8.97. The summed E-state index contributed by atoms with van der Waals surface area (Å²) in [5, 5.41) is 2.69. The first kappa shape index (κ1) is 8.61. The summed E-state index contributed by atoms with van der Waals surface area (Å²) < 4.78 is 0. The van der Waals surface area contributed by atoms with Gasteiger partial charge in [-0.1, -0.05) is 18.1 Å². The lowest BCUT2D eigenvalue weighted by molar-refractivity contribution is -0.118. The Balaban J connectivity index is 2.53. The number of hydrogen-bond acceptors (Lipinski definition) is 1. The van der Waals surface area contributed by atoms with Crippen LogP contribution in [0.1, 0.15) is 13.3 Å². The Morgan fingerprint density at radius 1 is 1.83 bits per heavy atom. The van der Waals surface area contributed by atoms with Gasteiger partial charge in [0, 0.05) is 18.5 Å². The number of terminal acetylenes is 1. The second kappa shape index (κ2) is 3.77. The molecule has 2 heteroatoms. The monoisotopic (exact) mass is 161 g/mol. The van der Waals surface area contributed by atoms with Crippen LogP contribution in [0.3, 0.4) is 0 Å². The number of nitrogens with one attached hydrogen (secondary N) is 1. The van der Waals surface area contributed by atoms with Crippen molar-refractivity contribution in [1.29, 1.82) is 0 Å². The van der Waals surface area contributed by atoms with Gasteiger partial charge in [0.2, 0.25) is 5.91 Å². The van der Waals surface area contributed by atoms with E-state index in [-0.39, 0.29) is 11.8 Å². The van der Waals surface area contributed by atoms with E-state index in [9.17, 15) is 4.79 Å². The molecule has 0 aromatic rings. The number of amides is 1. The molecule has 0 aromatic carbocycles. The third-order valence-corrected chi connectivity index (χ3v) is 1.63. The van der Waals surface area contributed by atoms with Gasteiger partial charge in [-0.25, -0.2) is 0 Å². The van der Waals surface area contributed by atoms with E-state index < -0.39 is 0 Å². The highest BCUT2D eigenvalue weighted by atomic mass is 16.1. The fourth-order valence-electron chi connectivity index (χ4n) is 1.04. The first-order valence-corrected chi connectivity index (χ1v) is 3.84. The van der Waals surface area contributed by atoms with Crippen LogP contribution in [0.5, 0.6) is 0 Å². The number of hydrogen-bond donors (Lipinski definition) is 1. The van der Waals surface area contributed by atoms with E-state index in [1.165, 1.54) is 6.92 Å². The van der Waals surface area contributed by atoms with Crippen LogP contribution in [0.2, 0.25) is 0 Å². The van der Waals surface area contributed by atoms with Crippen LogP contribution < -0.4 is 5.32 Å². The van der Waals surface area contributed by atoms with Gasteiger partial charge in [0.25, 0.3) is 0 Å². The summed E-state index contributed by atoms with van der Waals surface area (Å²) in [4.78, 5) is 10.6. The molecule has 1 aliphatic carbocycles. The quantitative estimate of drug-likeness (QED) is 0.575. The molecule has 1 amide bonds. The molecule has 1 rings (SSSR count). The van der Waals surface area contributed by atoms with Gasteiger partial charge in [-0.2, -0.15) is 0 Å². The maximum absolute atomic E-state index is 10.6. The first-order valence-electron chi connectivity index (χ1n) is 3.84. The SMILES string of the molecule is C#CC1C=CC(NC(C)=O)=CC1. The van der Waals surface area contributed by atoms with Crippen molar-refractivity contribution in [2.45, 2.75) is 13.3 Å². The zero-order valence-corrected chi connectivity index (χ0v) is 7.00. The molecule has 2 nitrogen and oxygen atoms in total. The molecule has 0 saturated carbocycles. The summed E-state index contributed by atoms with van der Waals surface area (Å²) >= 11 is 0. The number of rotatable bonds is 1. The molecule has 0 aromatic heterocycles. The smallest absolute Gasteiger partial charge is 0.221 e. The predicted molar refractivity (Wildman–Crippen MR) is 48.0 cm³/mol. The fourth-order valence-corrected chi connectivity index (χ4v) is 1.04. The third-order valence-electron chi connectivity index (χ3n) is 1.63. The van der Waals surface area contributed by atoms with Crippen LogP contribution in [-0.2, 0) is 4.79 Å².